The monoisotopic (exact) mass is 360 g/mol. The first-order chi connectivity index (χ1) is 12.8. The Hall–Kier alpha value is -3.05. The number of nitrogens with one attached hydrogen (secondary N) is 1. The van der Waals surface area contributed by atoms with Crippen LogP contribution in [0.3, 0.4) is 0 Å². The number of anilines is 1. The van der Waals surface area contributed by atoms with E-state index in [0.717, 1.165) is 45.4 Å². The van der Waals surface area contributed by atoms with Crippen LogP contribution >= 0.6 is 11.3 Å². The molecular formula is C21H16N2O2S. The Morgan fingerprint density at radius 3 is 2.65 bits per heavy atom. The van der Waals surface area contributed by atoms with Crippen molar-refractivity contribution in [3.8, 4) is 22.1 Å². The standard InChI is InChI=1S/C21H16N2O2S/c1-2-4-20-17(3-1)23-21(26-20)15-6-8-16(9-7-15)22-12-14-5-10-18-19(11-14)25-13-24-18/h1-11,22H,12-13H2. The van der Waals surface area contributed by atoms with Crippen LogP contribution in [-0.2, 0) is 6.54 Å². The van der Waals surface area contributed by atoms with Gasteiger partial charge in [-0.15, -0.1) is 11.3 Å². The van der Waals surface area contributed by atoms with Gasteiger partial charge in [-0.1, -0.05) is 18.2 Å². The molecule has 0 amide bonds. The van der Waals surface area contributed by atoms with Crippen molar-refractivity contribution >= 4 is 27.2 Å². The van der Waals surface area contributed by atoms with Crippen LogP contribution in [0.4, 0.5) is 5.69 Å². The zero-order valence-corrected chi connectivity index (χ0v) is 14.8. The number of benzene rings is 3. The van der Waals surface area contributed by atoms with Gasteiger partial charge < -0.3 is 14.8 Å². The van der Waals surface area contributed by atoms with Gasteiger partial charge >= 0.3 is 0 Å². The highest BCUT2D eigenvalue weighted by Gasteiger charge is 2.13. The Balaban J connectivity index is 1.30. The number of hydrogen-bond acceptors (Lipinski definition) is 5. The Labute approximate surface area is 155 Å². The number of nitrogens with zero attached hydrogens (tertiary/aromatic N) is 1. The number of aromatic nitrogens is 1. The molecule has 1 aliphatic heterocycles. The maximum Gasteiger partial charge on any atom is 0.231 e. The maximum atomic E-state index is 5.43. The van der Waals surface area contributed by atoms with E-state index in [4.69, 9.17) is 14.5 Å². The van der Waals surface area contributed by atoms with Crippen LogP contribution < -0.4 is 14.8 Å². The summed E-state index contributed by atoms with van der Waals surface area (Å²) < 4.78 is 12.0. The molecule has 0 radical (unpaired) electrons. The summed E-state index contributed by atoms with van der Waals surface area (Å²) in [6, 6.07) is 22.7. The fourth-order valence-corrected chi connectivity index (χ4v) is 3.95. The van der Waals surface area contributed by atoms with Gasteiger partial charge in [0.2, 0.25) is 6.79 Å². The van der Waals surface area contributed by atoms with Crippen molar-refractivity contribution in [1.82, 2.24) is 4.98 Å². The molecule has 0 aliphatic carbocycles. The van der Waals surface area contributed by atoms with Crippen LogP contribution in [0.1, 0.15) is 5.56 Å². The largest absolute Gasteiger partial charge is 0.454 e. The smallest absolute Gasteiger partial charge is 0.231 e. The predicted molar refractivity (Wildman–Crippen MR) is 105 cm³/mol. The highest BCUT2D eigenvalue weighted by Crippen LogP contribution is 2.33. The second-order valence-electron chi connectivity index (χ2n) is 6.11. The van der Waals surface area contributed by atoms with Crippen molar-refractivity contribution in [2.45, 2.75) is 6.54 Å². The molecule has 0 saturated carbocycles. The summed E-state index contributed by atoms with van der Waals surface area (Å²) in [5.74, 6) is 1.63. The normalized spacial score (nSPS) is 12.5. The van der Waals surface area contributed by atoms with Gasteiger partial charge in [0.05, 0.1) is 10.2 Å². The van der Waals surface area contributed by atoms with Crippen LogP contribution in [0.5, 0.6) is 11.5 Å². The lowest BCUT2D eigenvalue weighted by atomic mass is 10.2. The molecule has 2 heterocycles. The summed E-state index contributed by atoms with van der Waals surface area (Å²) in [5.41, 5.74) is 4.43. The molecule has 128 valence electrons. The first-order valence-electron chi connectivity index (χ1n) is 8.43. The molecule has 26 heavy (non-hydrogen) atoms. The molecule has 5 heteroatoms. The second-order valence-corrected chi connectivity index (χ2v) is 7.14. The summed E-state index contributed by atoms with van der Waals surface area (Å²) in [7, 11) is 0. The lowest BCUT2D eigenvalue weighted by Gasteiger charge is -2.08. The van der Waals surface area contributed by atoms with Crippen LogP contribution in [0, 0.1) is 0 Å². The van der Waals surface area contributed by atoms with Gasteiger partial charge in [-0.2, -0.15) is 0 Å². The molecule has 4 aromatic rings. The van der Waals surface area contributed by atoms with Gasteiger partial charge in [-0.25, -0.2) is 4.98 Å². The summed E-state index contributed by atoms with van der Waals surface area (Å²) in [4.78, 5) is 4.71. The van der Waals surface area contributed by atoms with Crippen LogP contribution in [0.2, 0.25) is 0 Å². The third kappa shape index (κ3) is 2.86. The topological polar surface area (TPSA) is 43.4 Å². The van der Waals surface area contributed by atoms with Crippen molar-refractivity contribution in [2.75, 3.05) is 12.1 Å². The number of ether oxygens (including phenoxy) is 2. The molecular weight excluding hydrogens is 344 g/mol. The summed E-state index contributed by atoms with van der Waals surface area (Å²) in [6.45, 7) is 1.04. The van der Waals surface area contributed by atoms with Crippen LogP contribution in [0.25, 0.3) is 20.8 Å². The Morgan fingerprint density at radius 2 is 1.77 bits per heavy atom. The van der Waals surface area contributed by atoms with E-state index in [-0.39, 0.29) is 0 Å². The average molecular weight is 360 g/mol. The molecule has 3 aromatic carbocycles. The molecule has 1 N–H and O–H groups in total. The lowest BCUT2D eigenvalue weighted by molar-refractivity contribution is 0.174. The van der Waals surface area contributed by atoms with Crippen LogP contribution in [0.15, 0.2) is 66.7 Å². The third-order valence-corrected chi connectivity index (χ3v) is 5.44. The Kier molecular flexibility index (Phi) is 3.72. The van der Waals surface area contributed by atoms with Gasteiger partial charge in [-0.05, 0) is 54.1 Å². The van der Waals surface area contributed by atoms with Gasteiger partial charge in [0.1, 0.15) is 5.01 Å². The van der Waals surface area contributed by atoms with Crippen molar-refractivity contribution in [3.63, 3.8) is 0 Å². The van der Waals surface area contributed by atoms with E-state index in [1.54, 1.807) is 11.3 Å². The summed E-state index contributed by atoms with van der Waals surface area (Å²) in [5, 5.41) is 4.49. The van der Waals surface area contributed by atoms with Gasteiger partial charge in [0, 0.05) is 17.8 Å². The van der Waals surface area contributed by atoms with E-state index in [1.807, 2.05) is 24.3 Å². The predicted octanol–water partition coefficient (Wildman–Crippen LogP) is 5.30. The molecule has 0 spiro atoms. The molecule has 1 aromatic heterocycles. The molecule has 5 rings (SSSR count). The lowest BCUT2D eigenvalue weighted by Crippen LogP contribution is -1.99. The fraction of sp³-hybridized carbons (Fsp3) is 0.0952. The first-order valence-corrected chi connectivity index (χ1v) is 9.25. The van der Waals surface area contributed by atoms with Crippen LogP contribution in [-0.4, -0.2) is 11.8 Å². The van der Waals surface area contributed by atoms with E-state index < -0.39 is 0 Å². The van der Waals surface area contributed by atoms with Crippen molar-refractivity contribution in [3.05, 3.63) is 72.3 Å². The SMILES string of the molecule is c1ccc2sc(-c3ccc(NCc4ccc5c(c4)OCO5)cc3)nc2c1. The molecule has 0 atom stereocenters. The van der Waals surface area contributed by atoms with E-state index >= 15 is 0 Å². The average Bonchev–Trinajstić information content (AvgIpc) is 3.33. The fourth-order valence-electron chi connectivity index (χ4n) is 2.98. The summed E-state index contributed by atoms with van der Waals surface area (Å²) >= 11 is 1.72. The van der Waals surface area contributed by atoms with Crippen molar-refractivity contribution in [1.29, 1.82) is 0 Å². The molecule has 0 saturated heterocycles. The number of rotatable bonds is 4. The van der Waals surface area contributed by atoms with Gasteiger partial charge in [0.15, 0.2) is 11.5 Å². The minimum absolute atomic E-state index is 0.305. The van der Waals surface area contributed by atoms with E-state index in [2.05, 4.69) is 47.8 Å². The molecule has 1 aliphatic rings. The minimum Gasteiger partial charge on any atom is -0.454 e. The van der Waals surface area contributed by atoms with Gasteiger partial charge in [0.25, 0.3) is 0 Å². The Bertz CT molecular complexity index is 1040. The van der Waals surface area contributed by atoms with Crippen molar-refractivity contribution in [2.24, 2.45) is 0 Å². The maximum absolute atomic E-state index is 5.43. The summed E-state index contributed by atoms with van der Waals surface area (Å²) in [6.07, 6.45) is 0. The minimum atomic E-state index is 0.305. The number of fused-ring (bicyclic) bond motifs is 2. The molecule has 0 unspecified atom stereocenters. The van der Waals surface area contributed by atoms with Crippen molar-refractivity contribution < 1.29 is 9.47 Å². The zero-order valence-electron chi connectivity index (χ0n) is 13.9. The molecule has 4 nitrogen and oxygen atoms in total. The zero-order chi connectivity index (χ0) is 17.3. The van der Waals surface area contributed by atoms with Gasteiger partial charge in [-0.3, -0.25) is 0 Å². The van der Waals surface area contributed by atoms with E-state index in [0.29, 0.717) is 6.79 Å². The highest BCUT2D eigenvalue weighted by molar-refractivity contribution is 7.21. The highest BCUT2D eigenvalue weighted by atomic mass is 32.1. The quantitative estimate of drug-likeness (QED) is 0.536. The third-order valence-electron chi connectivity index (χ3n) is 4.36. The molecule has 0 bridgehead atoms. The number of para-hydroxylation sites is 1. The first kappa shape index (κ1) is 15.2. The Morgan fingerprint density at radius 1 is 0.923 bits per heavy atom. The molecule has 0 fully saturated rings. The van der Waals surface area contributed by atoms with E-state index in [9.17, 15) is 0 Å². The van der Waals surface area contributed by atoms with E-state index in [1.165, 1.54) is 4.70 Å². The number of thiazole rings is 1. The number of hydrogen-bond donors (Lipinski definition) is 1. The second kappa shape index (κ2) is 6.35.